The lowest BCUT2D eigenvalue weighted by atomic mass is 10.1. The van der Waals surface area contributed by atoms with Gasteiger partial charge in [-0.2, -0.15) is 0 Å². The van der Waals surface area contributed by atoms with Gasteiger partial charge < -0.3 is 4.48 Å². The molecular formula is C16H26N+. The SMILES string of the molecule is C=C(C[N+](C)(C)CCC(C)C)c1ccccc1. The number of quaternary nitrogens is 1. The summed E-state index contributed by atoms with van der Waals surface area (Å²) < 4.78 is 1.02. The van der Waals surface area contributed by atoms with Gasteiger partial charge in [-0.3, -0.25) is 0 Å². The molecule has 0 saturated carbocycles. The summed E-state index contributed by atoms with van der Waals surface area (Å²) in [6.07, 6.45) is 1.27. The lowest BCUT2D eigenvalue weighted by Gasteiger charge is -2.31. The molecule has 0 N–H and O–H groups in total. The zero-order valence-corrected chi connectivity index (χ0v) is 11.7. The lowest BCUT2D eigenvalue weighted by Crippen LogP contribution is -2.42. The molecule has 1 aromatic carbocycles. The van der Waals surface area contributed by atoms with Crippen LogP contribution in [0, 0.1) is 5.92 Å². The Labute approximate surface area is 106 Å². The van der Waals surface area contributed by atoms with Crippen LogP contribution in [-0.4, -0.2) is 31.7 Å². The Balaban J connectivity index is 2.56. The van der Waals surface area contributed by atoms with Crippen molar-refractivity contribution in [3.05, 3.63) is 42.5 Å². The normalized spacial score (nSPS) is 11.8. The molecule has 1 nitrogen and oxygen atoms in total. The van der Waals surface area contributed by atoms with E-state index in [4.69, 9.17) is 0 Å². The van der Waals surface area contributed by atoms with Gasteiger partial charge in [0.05, 0.1) is 20.6 Å². The molecule has 0 amide bonds. The van der Waals surface area contributed by atoms with Crippen LogP contribution in [0.4, 0.5) is 0 Å². The highest BCUT2D eigenvalue weighted by molar-refractivity contribution is 5.63. The van der Waals surface area contributed by atoms with Crippen LogP contribution in [-0.2, 0) is 0 Å². The van der Waals surface area contributed by atoms with Crippen molar-refractivity contribution in [1.82, 2.24) is 0 Å². The first kappa shape index (κ1) is 14.0. The molecule has 1 aromatic rings. The van der Waals surface area contributed by atoms with E-state index in [2.05, 4.69) is 64.9 Å². The van der Waals surface area contributed by atoms with E-state index in [0.717, 1.165) is 16.9 Å². The fraction of sp³-hybridized carbons (Fsp3) is 0.500. The number of hydrogen-bond donors (Lipinski definition) is 0. The standard InChI is InChI=1S/C16H26N/c1-14(2)11-12-17(4,5)13-15(3)16-9-7-6-8-10-16/h6-10,14H,3,11-13H2,1-2,4-5H3/q+1. The van der Waals surface area contributed by atoms with Crippen molar-refractivity contribution in [2.75, 3.05) is 27.2 Å². The zero-order valence-electron chi connectivity index (χ0n) is 11.7. The third kappa shape index (κ3) is 5.18. The predicted molar refractivity (Wildman–Crippen MR) is 76.8 cm³/mol. The highest BCUT2D eigenvalue weighted by Gasteiger charge is 2.17. The number of hydrogen-bond acceptors (Lipinski definition) is 0. The van der Waals surface area contributed by atoms with Crippen LogP contribution in [0.1, 0.15) is 25.8 Å². The lowest BCUT2D eigenvalue weighted by molar-refractivity contribution is -0.883. The summed E-state index contributed by atoms with van der Waals surface area (Å²) in [6, 6.07) is 10.5. The average molecular weight is 232 g/mol. The van der Waals surface area contributed by atoms with Gasteiger partial charge in [-0.15, -0.1) is 0 Å². The minimum absolute atomic E-state index is 0.775. The van der Waals surface area contributed by atoms with Crippen molar-refractivity contribution in [2.45, 2.75) is 20.3 Å². The van der Waals surface area contributed by atoms with E-state index in [1.165, 1.54) is 24.1 Å². The van der Waals surface area contributed by atoms with E-state index in [9.17, 15) is 0 Å². The van der Waals surface area contributed by atoms with Crippen molar-refractivity contribution < 1.29 is 4.48 Å². The van der Waals surface area contributed by atoms with E-state index in [-0.39, 0.29) is 0 Å². The van der Waals surface area contributed by atoms with Gasteiger partial charge in [0.2, 0.25) is 0 Å². The molecular weight excluding hydrogens is 206 g/mol. The van der Waals surface area contributed by atoms with Crippen molar-refractivity contribution in [3.8, 4) is 0 Å². The van der Waals surface area contributed by atoms with Crippen molar-refractivity contribution in [2.24, 2.45) is 5.92 Å². The van der Waals surface area contributed by atoms with Gasteiger partial charge in [0.1, 0.15) is 6.54 Å². The molecule has 0 atom stereocenters. The summed E-state index contributed by atoms with van der Waals surface area (Å²) in [5.74, 6) is 0.775. The fourth-order valence-corrected chi connectivity index (χ4v) is 1.97. The van der Waals surface area contributed by atoms with Gasteiger partial charge in [0.25, 0.3) is 0 Å². The van der Waals surface area contributed by atoms with E-state index in [0.29, 0.717) is 0 Å². The maximum atomic E-state index is 4.22. The second-order valence-corrected chi connectivity index (χ2v) is 5.97. The fourth-order valence-electron chi connectivity index (χ4n) is 1.97. The quantitative estimate of drug-likeness (QED) is 0.654. The number of benzene rings is 1. The van der Waals surface area contributed by atoms with E-state index in [1.54, 1.807) is 0 Å². The molecule has 0 aliphatic carbocycles. The summed E-state index contributed by atoms with van der Waals surface area (Å²) in [7, 11) is 4.58. The monoisotopic (exact) mass is 232 g/mol. The van der Waals surface area contributed by atoms with Crippen LogP contribution in [0.2, 0.25) is 0 Å². The smallest absolute Gasteiger partial charge is 0.104 e. The van der Waals surface area contributed by atoms with Crippen LogP contribution in [0.5, 0.6) is 0 Å². The Bertz CT molecular complexity index is 349. The van der Waals surface area contributed by atoms with Gasteiger partial charge in [-0.05, 0) is 17.9 Å². The van der Waals surface area contributed by atoms with Gasteiger partial charge in [0, 0.05) is 5.57 Å². The minimum Gasteiger partial charge on any atom is -0.325 e. The first-order valence-corrected chi connectivity index (χ1v) is 6.46. The average Bonchev–Trinajstić information content (AvgIpc) is 2.27. The topological polar surface area (TPSA) is 0 Å². The molecule has 1 heteroatoms. The minimum atomic E-state index is 0.775. The molecule has 0 bridgehead atoms. The van der Waals surface area contributed by atoms with Crippen LogP contribution >= 0.6 is 0 Å². The third-order valence-electron chi connectivity index (χ3n) is 3.11. The summed E-state index contributed by atoms with van der Waals surface area (Å²) in [5.41, 5.74) is 2.50. The molecule has 0 radical (unpaired) electrons. The van der Waals surface area contributed by atoms with Crippen molar-refractivity contribution >= 4 is 5.57 Å². The molecule has 0 spiro atoms. The van der Waals surface area contributed by atoms with Crippen LogP contribution in [0.3, 0.4) is 0 Å². The highest BCUT2D eigenvalue weighted by atomic mass is 15.3. The second kappa shape index (κ2) is 6.02. The predicted octanol–water partition coefficient (Wildman–Crippen LogP) is 3.82. The molecule has 0 heterocycles. The Morgan fingerprint density at radius 2 is 1.76 bits per heavy atom. The highest BCUT2D eigenvalue weighted by Crippen LogP contribution is 2.16. The summed E-state index contributed by atoms with van der Waals surface area (Å²) >= 11 is 0. The molecule has 1 rings (SSSR count). The largest absolute Gasteiger partial charge is 0.325 e. The maximum absolute atomic E-state index is 4.22. The first-order chi connectivity index (χ1) is 7.91. The molecule has 0 unspecified atom stereocenters. The summed E-state index contributed by atoms with van der Waals surface area (Å²) in [4.78, 5) is 0. The third-order valence-corrected chi connectivity index (χ3v) is 3.11. The Morgan fingerprint density at radius 3 is 2.29 bits per heavy atom. The van der Waals surface area contributed by atoms with E-state index < -0.39 is 0 Å². The Kier molecular flexibility index (Phi) is 4.95. The van der Waals surface area contributed by atoms with Crippen LogP contribution in [0.15, 0.2) is 36.9 Å². The van der Waals surface area contributed by atoms with Crippen molar-refractivity contribution in [3.63, 3.8) is 0 Å². The molecule has 17 heavy (non-hydrogen) atoms. The zero-order chi connectivity index (χ0) is 12.9. The number of rotatable bonds is 6. The van der Waals surface area contributed by atoms with Gasteiger partial charge >= 0.3 is 0 Å². The maximum Gasteiger partial charge on any atom is 0.104 e. The van der Waals surface area contributed by atoms with Crippen LogP contribution in [0.25, 0.3) is 5.57 Å². The molecule has 0 fully saturated rings. The van der Waals surface area contributed by atoms with Crippen LogP contribution < -0.4 is 0 Å². The second-order valence-electron chi connectivity index (χ2n) is 5.97. The summed E-state index contributed by atoms with van der Waals surface area (Å²) in [6.45, 7) is 11.0. The number of likely N-dealkylation sites (N-methyl/N-ethyl adjacent to an activating group) is 1. The molecule has 0 aliphatic rings. The summed E-state index contributed by atoms with van der Waals surface area (Å²) in [5, 5.41) is 0. The molecule has 0 saturated heterocycles. The number of nitrogens with zero attached hydrogens (tertiary/aromatic N) is 1. The van der Waals surface area contributed by atoms with Gasteiger partial charge in [0.15, 0.2) is 0 Å². The van der Waals surface area contributed by atoms with Gasteiger partial charge in [-0.1, -0.05) is 50.8 Å². The van der Waals surface area contributed by atoms with E-state index >= 15 is 0 Å². The Hall–Kier alpha value is -1.08. The Morgan fingerprint density at radius 1 is 1.18 bits per heavy atom. The molecule has 0 aliphatic heterocycles. The first-order valence-electron chi connectivity index (χ1n) is 6.46. The molecule has 94 valence electrons. The van der Waals surface area contributed by atoms with Gasteiger partial charge in [-0.25, -0.2) is 0 Å². The van der Waals surface area contributed by atoms with E-state index in [1.807, 2.05) is 0 Å². The van der Waals surface area contributed by atoms with Crippen molar-refractivity contribution in [1.29, 1.82) is 0 Å². The molecule has 0 aromatic heterocycles.